The molecule has 4 amide bonds. The predicted octanol–water partition coefficient (Wildman–Crippen LogP) is 2.01. The normalized spacial score (nSPS) is 10.0. The number of hydrogen-bond donors (Lipinski definition) is 4. The summed E-state index contributed by atoms with van der Waals surface area (Å²) in [5.41, 5.74) is 1.62. The van der Waals surface area contributed by atoms with Crippen molar-refractivity contribution in [1.82, 2.24) is 16.0 Å². The van der Waals surface area contributed by atoms with Gasteiger partial charge in [0.1, 0.15) is 5.82 Å². The second kappa shape index (κ2) is 9.91. The monoisotopic (exact) mass is 372 g/mol. The number of urea groups is 1. The van der Waals surface area contributed by atoms with Gasteiger partial charge in [-0.1, -0.05) is 18.2 Å². The van der Waals surface area contributed by atoms with Gasteiger partial charge in [0.15, 0.2) is 0 Å². The summed E-state index contributed by atoms with van der Waals surface area (Å²) in [6.07, 6.45) is 0. The first-order valence-corrected chi connectivity index (χ1v) is 8.42. The maximum atomic E-state index is 12.8. The summed E-state index contributed by atoms with van der Waals surface area (Å²) in [6.45, 7) is 2.30. The van der Waals surface area contributed by atoms with Gasteiger partial charge in [0.2, 0.25) is 5.91 Å². The molecule has 0 aromatic heterocycles. The highest BCUT2D eigenvalue weighted by atomic mass is 19.1. The number of rotatable bonds is 7. The van der Waals surface area contributed by atoms with E-state index in [0.717, 1.165) is 5.56 Å². The van der Waals surface area contributed by atoms with Crippen molar-refractivity contribution in [3.8, 4) is 0 Å². The lowest BCUT2D eigenvalue weighted by atomic mass is 10.2. The minimum absolute atomic E-state index is 0.211. The SMILES string of the molecule is CCNC(=O)c1cccc(NC(=O)CNC(=O)NCc2ccc(F)cc2)c1. The second-order valence-electron chi connectivity index (χ2n) is 5.65. The molecule has 0 fully saturated rings. The Hall–Kier alpha value is -3.42. The second-order valence-corrected chi connectivity index (χ2v) is 5.65. The Morgan fingerprint density at radius 3 is 2.41 bits per heavy atom. The fourth-order valence-electron chi connectivity index (χ4n) is 2.21. The lowest BCUT2D eigenvalue weighted by Crippen LogP contribution is -2.39. The van der Waals surface area contributed by atoms with E-state index in [1.165, 1.54) is 12.1 Å². The standard InChI is InChI=1S/C19H21FN4O3/c1-2-21-18(26)14-4-3-5-16(10-14)24-17(25)12-23-19(27)22-11-13-6-8-15(20)9-7-13/h3-10H,2,11-12H2,1H3,(H,21,26)(H,24,25)(H2,22,23,27). The maximum Gasteiger partial charge on any atom is 0.315 e. The number of carbonyl (C=O) groups excluding carboxylic acids is 3. The Kier molecular flexibility index (Phi) is 7.30. The molecule has 8 heteroatoms. The molecule has 0 saturated heterocycles. The molecular formula is C19H21FN4O3. The average molecular weight is 372 g/mol. The van der Waals surface area contributed by atoms with Gasteiger partial charge in [-0.3, -0.25) is 9.59 Å². The molecule has 0 aliphatic carbocycles. The van der Waals surface area contributed by atoms with E-state index in [9.17, 15) is 18.8 Å². The zero-order chi connectivity index (χ0) is 19.6. The van der Waals surface area contributed by atoms with Crippen molar-refractivity contribution in [2.75, 3.05) is 18.4 Å². The third-order valence-electron chi connectivity index (χ3n) is 3.52. The average Bonchev–Trinajstić information content (AvgIpc) is 2.66. The van der Waals surface area contributed by atoms with Crippen molar-refractivity contribution in [3.63, 3.8) is 0 Å². The zero-order valence-corrected chi connectivity index (χ0v) is 14.8. The van der Waals surface area contributed by atoms with Crippen LogP contribution in [0.3, 0.4) is 0 Å². The van der Waals surface area contributed by atoms with Crippen LogP contribution in [0.4, 0.5) is 14.9 Å². The lowest BCUT2D eigenvalue weighted by Gasteiger charge is -2.09. The molecule has 2 aromatic carbocycles. The van der Waals surface area contributed by atoms with Gasteiger partial charge in [-0.2, -0.15) is 0 Å². The Morgan fingerprint density at radius 2 is 1.70 bits per heavy atom. The molecule has 0 atom stereocenters. The molecule has 27 heavy (non-hydrogen) atoms. The topological polar surface area (TPSA) is 99.3 Å². The van der Waals surface area contributed by atoms with Crippen molar-refractivity contribution in [1.29, 1.82) is 0 Å². The largest absolute Gasteiger partial charge is 0.352 e. The van der Waals surface area contributed by atoms with Gasteiger partial charge in [0.05, 0.1) is 6.54 Å². The number of carbonyl (C=O) groups is 3. The Balaban J connectivity index is 1.77. The van der Waals surface area contributed by atoms with Crippen LogP contribution < -0.4 is 21.3 Å². The fraction of sp³-hybridized carbons (Fsp3) is 0.211. The number of halogens is 1. The summed E-state index contributed by atoms with van der Waals surface area (Å²) in [4.78, 5) is 35.5. The van der Waals surface area contributed by atoms with Gasteiger partial charge in [0, 0.05) is 24.3 Å². The predicted molar refractivity (Wildman–Crippen MR) is 99.7 cm³/mol. The first kappa shape index (κ1) is 19.9. The van der Waals surface area contributed by atoms with Crippen LogP contribution in [0.15, 0.2) is 48.5 Å². The number of benzene rings is 2. The van der Waals surface area contributed by atoms with E-state index >= 15 is 0 Å². The third-order valence-corrected chi connectivity index (χ3v) is 3.52. The van der Waals surface area contributed by atoms with E-state index in [4.69, 9.17) is 0 Å². The van der Waals surface area contributed by atoms with Crippen LogP contribution >= 0.6 is 0 Å². The first-order valence-electron chi connectivity index (χ1n) is 8.42. The molecule has 7 nitrogen and oxygen atoms in total. The van der Waals surface area contributed by atoms with Gasteiger partial charge in [-0.25, -0.2) is 9.18 Å². The molecule has 0 saturated carbocycles. The number of hydrogen-bond acceptors (Lipinski definition) is 3. The molecule has 142 valence electrons. The zero-order valence-electron chi connectivity index (χ0n) is 14.8. The van der Waals surface area contributed by atoms with E-state index in [1.807, 2.05) is 6.92 Å². The smallest absolute Gasteiger partial charge is 0.315 e. The van der Waals surface area contributed by atoms with Crippen LogP contribution in [-0.4, -0.2) is 30.9 Å². The van der Waals surface area contributed by atoms with Gasteiger partial charge in [-0.05, 0) is 42.8 Å². The maximum absolute atomic E-state index is 12.8. The van der Waals surface area contributed by atoms with E-state index in [2.05, 4.69) is 21.3 Å². The summed E-state index contributed by atoms with van der Waals surface area (Å²) in [6, 6.07) is 11.7. The van der Waals surface area contributed by atoms with Gasteiger partial charge in [0.25, 0.3) is 5.91 Å². The lowest BCUT2D eigenvalue weighted by molar-refractivity contribution is -0.115. The molecule has 0 heterocycles. The van der Waals surface area contributed by atoms with Crippen LogP contribution in [0, 0.1) is 5.82 Å². The van der Waals surface area contributed by atoms with E-state index in [1.54, 1.807) is 36.4 Å². The first-order chi connectivity index (χ1) is 13.0. The van der Waals surface area contributed by atoms with Gasteiger partial charge >= 0.3 is 6.03 Å². The fourth-order valence-corrected chi connectivity index (χ4v) is 2.21. The van der Waals surface area contributed by atoms with Crippen molar-refractivity contribution in [2.24, 2.45) is 0 Å². The van der Waals surface area contributed by atoms with Crippen LogP contribution in [0.5, 0.6) is 0 Å². The molecule has 0 radical (unpaired) electrons. The molecular weight excluding hydrogens is 351 g/mol. The Labute approximate surface area is 156 Å². The van der Waals surface area contributed by atoms with E-state index in [0.29, 0.717) is 17.8 Å². The van der Waals surface area contributed by atoms with Crippen LogP contribution in [0.25, 0.3) is 0 Å². The Morgan fingerprint density at radius 1 is 0.963 bits per heavy atom. The molecule has 0 aliphatic heterocycles. The van der Waals surface area contributed by atoms with Crippen molar-refractivity contribution in [3.05, 3.63) is 65.5 Å². The quantitative estimate of drug-likeness (QED) is 0.598. The summed E-state index contributed by atoms with van der Waals surface area (Å²) in [5.74, 6) is -1.01. The summed E-state index contributed by atoms with van der Waals surface area (Å²) >= 11 is 0. The highest BCUT2D eigenvalue weighted by Gasteiger charge is 2.08. The summed E-state index contributed by atoms with van der Waals surface area (Å²) < 4.78 is 12.8. The number of nitrogens with one attached hydrogen (secondary N) is 4. The molecule has 0 bridgehead atoms. The highest BCUT2D eigenvalue weighted by molar-refractivity contribution is 5.98. The van der Waals surface area contributed by atoms with Crippen LogP contribution in [0.2, 0.25) is 0 Å². The van der Waals surface area contributed by atoms with Gasteiger partial charge in [-0.15, -0.1) is 0 Å². The molecule has 2 rings (SSSR count). The Bertz CT molecular complexity index is 809. The number of anilines is 1. The van der Waals surface area contributed by atoms with Crippen molar-refractivity contribution in [2.45, 2.75) is 13.5 Å². The third kappa shape index (κ3) is 6.77. The molecule has 0 aliphatic rings. The number of amides is 4. The molecule has 4 N–H and O–H groups in total. The molecule has 0 unspecified atom stereocenters. The molecule has 2 aromatic rings. The van der Waals surface area contributed by atoms with Crippen molar-refractivity contribution < 1.29 is 18.8 Å². The van der Waals surface area contributed by atoms with Gasteiger partial charge < -0.3 is 21.3 Å². The van der Waals surface area contributed by atoms with E-state index in [-0.39, 0.29) is 24.8 Å². The minimum atomic E-state index is -0.523. The van der Waals surface area contributed by atoms with E-state index < -0.39 is 11.9 Å². The van der Waals surface area contributed by atoms with Crippen molar-refractivity contribution >= 4 is 23.5 Å². The minimum Gasteiger partial charge on any atom is -0.352 e. The summed E-state index contributed by atoms with van der Waals surface area (Å²) in [5, 5.41) is 10.3. The van der Waals surface area contributed by atoms with Crippen LogP contribution in [-0.2, 0) is 11.3 Å². The molecule has 0 spiro atoms. The van der Waals surface area contributed by atoms with Crippen LogP contribution in [0.1, 0.15) is 22.8 Å². The summed E-state index contributed by atoms with van der Waals surface area (Å²) in [7, 11) is 0. The highest BCUT2D eigenvalue weighted by Crippen LogP contribution is 2.10.